The van der Waals surface area contributed by atoms with Crippen LogP contribution in [-0.2, 0) is 16.4 Å². The van der Waals surface area contributed by atoms with Gasteiger partial charge in [-0.25, -0.2) is 18.2 Å². The number of carboxylic acid groups (broad SMARTS) is 1. The molecule has 1 amide bonds. The van der Waals surface area contributed by atoms with Crippen molar-refractivity contribution in [3.8, 4) is 11.1 Å². The Morgan fingerprint density at radius 2 is 2.12 bits per heavy atom. The van der Waals surface area contributed by atoms with E-state index in [1.54, 1.807) is 5.38 Å². The standard InChI is InChI=1S/C16H13FN2O4S3/c1-19(16(20)21)8-10-7-13(12-3-2-5-18-14(12)17)15(25-10)26(22,23)11-4-6-24-9-11/h2-7,9H,8H2,1H3,(H,20,21). The van der Waals surface area contributed by atoms with Crippen molar-refractivity contribution < 1.29 is 22.7 Å². The molecule has 0 atom stereocenters. The molecular formula is C16H13FN2O4S3. The number of sulfone groups is 1. The Kier molecular flexibility index (Phi) is 5.08. The zero-order valence-electron chi connectivity index (χ0n) is 13.4. The summed E-state index contributed by atoms with van der Waals surface area (Å²) in [5, 5.41) is 12.2. The Labute approximate surface area is 157 Å². The molecule has 136 valence electrons. The lowest BCUT2D eigenvalue weighted by atomic mass is 10.1. The average Bonchev–Trinajstić information content (AvgIpc) is 3.25. The summed E-state index contributed by atoms with van der Waals surface area (Å²) in [5.74, 6) is -0.787. The monoisotopic (exact) mass is 412 g/mol. The van der Waals surface area contributed by atoms with Gasteiger partial charge < -0.3 is 10.0 Å². The largest absolute Gasteiger partial charge is 0.465 e. The van der Waals surface area contributed by atoms with Gasteiger partial charge in [-0.05, 0) is 29.6 Å². The first kappa shape index (κ1) is 18.5. The second-order valence-corrected chi connectivity index (χ2v) is 9.42. The third-order valence-electron chi connectivity index (χ3n) is 3.57. The minimum Gasteiger partial charge on any atom is -0.465 e. The maximum atomic E-state index is 14.2. The van der Waals surface area contributed by atoms with Crippen molar-refractivity contribution in [2.45, 2.75) is 15.6 Å². The summed E-state index contributed by atoms with van der Waals surface area (Å²) >= 11 is 2.17. The molecule has 0 aliphatic heterocycles. The van der Waals surface area contributed by atoms with E-state index in [0.29, 0.717) is 4.88 Å². The lowest BCUT2D eigenvalue weighted by Crippen LogP contribution is -2.23. The minimum atomic E-state index is -3.86. The fourth-order valence-corrected chi connectivity index (χ4v) is 6.49. The van der Waals surface area contributed by atoms with Crippen LogP contribution in [0.3, 0.4) is 0 Å². The molecule has 0 unspecified atom stereocenters. The van der Waals surface area contributed by atoms with Crippen molar-refractivity contribution >= 4 is 38.6 Å². The van der Waals surface area contributed by atoms with Gasteiger partial charge in [-0.1, -0.05) is 0 Å². The molecule has 1 N–H and O–H groups in total. The first-order chi connectivity index (χ1) is 12.3. The van der Waals surface area contributed by atoms with Gasteiger partial charge in [-0.2, -0.15) is 15.7 Å². The highest BCUT2D eigenvalue weighted by Gasteiger charge is 2.27. The lowest BCUT2D eigenvalue weighted by Gasteiger charge is -2.10. The van der Waals surface area contributed by atoms with Crippen molar-refractivity contribution in [3.05, 3.63) is 52.0 Å². The minimum absolute atomic E-state index is 0.00591. The molecule has 3 rings (SSSR count). The molecule has 0 aliphatic carbocycles. The van der Waals surface area contributed by atoms with Crippen LogP contribution in [-0.4, -0.2) is 36.5 Å². The van der Waals surface area contributed by atoms with E-state index in [0.717, 1.165) is 16.2 Å². The second kappa shape index (κ2) is 7.14. The highest BCUT2D eigenvalue weighted by molar-refractivity contribution is 7.93. The Morgan fingerprint density at radius 3 is 2.73 bits per heavy atom. The zero-order valence-corrected chi connectivity index (χ0v) is 15.9. The highest BCUT2D eigenvalue weighted by atomic mass is 32.2. The molecule has 10 heteroatoms. The summed E-state index contributed by atoms with van der Waals surface area (Å²) in [7, 11) is -2.48. The molecule has 0 radical (unpaired) electrons. The summed E-state index contributed by atoms with van der Waals surface area (Å²) in [6.07, 6.45) is 0.131. The van der Waals surface area contributed by atoms with Crippen LogP contribution in [0.25, 0.3) is 11.1 Å². The Morgan fingerprint density at radius 1 is 1.35 bits per heavy atom. The number of rotatable bonds is 5. The van der Waals surface area contributed by atoms with E-state index in [1.165, 1.54) is 54.2 Å². The van der Waals surface area contributed by atoms with E-state index in [4.69, 9.17) is 5.11 Å². The third kappa shape index (κ3) is 3.48. The van der Waals surface area contributed by atoms with Crippen molar-refractivity contribution in [2.75, 3.05) is 7.05 Å². The predicted molar refractivity (Wildman–Crippen MR) is 96.8 cm³/mol. The molecule has 0 saturated carbocycles. The maximum Gasteiger partial charge on any atom is 0.407 e. The average molecular weight is 412 g/mol. The molecule has 0 fully saturated rings. The topological polar surface area (TPSA) is 87.6 Å². The molecule has 26 heavy (non-hydrogen) atoms. The number of hydrogen-bond donors (Lipinski definition) is 1. The molecule has 3 aromatic heterocycles. The highest BCUT2D eigenvalue weighted by Crippen LogP contribution is 2.39. The molecule has 0 saturated heterocycles. The number of carbonyl (C=O) groups is 1. The van der Waals surface area contributed by atoms with Gasteiger partial charge in [0.1, 0.15) is 4.21 Å². The van der Waals surface area contributed by atoms with Gasteiger partial charge in [0.2, 0.25) is 15.8 Å². The molecule has 6 nitrogen and oxygen atoms in total. The summed E-state index contributed by atoms with van der Waals surface area (Å²) in [4.78, 5) is 16.3. The van der Waals surface area contributed by atoms with Gasteiger partial charge >= 0.3 is 6.09 Å². The summed E-state index contributed by atoms with van der Waals surface area (Å²) in [6, 6.07) is 5.94. The lowest BCUT2D eigenvalue weighted by molar-refractivity contribution is 0.154. The van der Waals surface area contributed by atoms with E-state index >= 15 is 0 Å². The number of nitrogens with zero attached hydrogens (tertiary/aromatic N) is 2. The molecule has 0 spiro atoms. The van der Waals surface area contributed by atoms with Crippen molar-refractivity contribution in [1.82, 2.24) is 9.88 Å². The fraction of sp³-hybridized carbons (Fsp3) is 0.125. The van der Waals surface area contributed by atoms with Crippen LogP contribution in [0.1, 0.15) is 4.88 Å². The Balaban J connectivity index is 2.17. The van der Waals surface area contributed by atoms with E-state index in [-0.39, 0.29) is 26.8 Å². The van der Waals surface area contributed by atoms with Crippen LogP contribution < -0.4 is 0 Å². The number of pyridine rings is 1. The van der Waals surface area contributed by atoms with Crippen molar-refractivity contribution in [3.63, 3.8) is 0 Å². The number of thiophene rings is 2. The van der Waals surface area contributed by atoms with Crippen LogP contribution >= 0.6 is 22.7 Å². The maximum absolute atomic E-state index is 14.2. The summed E-state index contributed by atoms with van der Waals surface area (Å²) < 4.78 is 40.1. The van der Waals surface area contributed by atoms with E-state index in [1.807, 2.05) is 0 Å². The van der Waals surface area contributed by atoms with Crippen LogP contribution in [0, 0.1) is 5.95 Å². The van der Waals surface area contributed by atoms with Gasteiger partial charge in [0, 0.05) is 34.6 Å². The predicted octanol–water partition coefficient (Wildman–Crippen LogP) is 3.95. The first-order valence-corrected chi connectivity index (χ1v) is 10.5. The van der Waals surface area contributed by atoms with Crippen LogP contribution in [0.5, 0.6) is 0 Å². The van der Waals surface area contributed by atoms with Crippen LogP contribution in [0.2, 0.25) is 0 Å². The van der Waals surface area contributed by atoms with Gasteiger partial charge in [0.15, 0.2) is 0 Å². The summed E-state index contributed by atoms with van der Waals surface area (Å²) in [5.41, 5.74) is 0.238. The normalized spacial score (nSPS) is 11.5. The quantitative estimate of drug-likeness (QED) is 0.641. The van der Waals surface area contributed by atoms with Gasteiger partial charge in [-0.15, -0.1) is 11.3 Å². The third-order valence-corrected chi connectivity index (χ3v) is 7.81. The van der Waals surface area contributed by atoms with Gasteiger partial charge in [0.25, 0.3) is 0 Å². The summed E-state index contributed by atoms with van der Waals surface area (Å²) in [6.45, 7) is -0.00591. The first-order valence-electron chi connectivity index (χ1n) is 7.25. The smallest absolute Gasteiger partial charge is 0.407 e. The molecule has 3 aromatic rings. The number of amides is 1. The van der Waals surface area contributed by atoms with E-state index in [2.05, 4.69) is 4.98 Å². The van der Waals surface area contributed by atoms with E-state index in [9.17, 15) is 17.6 Å². The fourth-order valence-electron chi connectivity index (χ4n) is 2.29. The van der Waals surface area contributed by atoms with Gasteiger partial charge in [0.05, 0.1) is 11.4 Å². The zero-order chi connectivity index (χ0) is 18.9. The van der Waals surface area contributed by atoms with Crippen molar-refractivity contribution in [2.24, 2.45) is 0 Å². The molecule has 3 heterocycles. The van der Waals surface area contributed by atoms with Crippen LogP contribution in [0.15, 0.2) is 50.3 Å². The van der Waals surface area contributed by atoms with Gasteiger partial charge in [-0.3, -0.25) is 0 Å². The number of aromatic nitrogens is 1. The molecule has 0 aliphatic rings. The van der Waals surface area contributed by atoms with E-state index < -0.39 is 21.9 Å². The molecule has 0 bridgehead atoms. The number of halogens is 1. The van der Waals surface area contributed by atoms with Crippen LogP contribution in [0.4, 0.5) is 9.18 Å². The number of hydrogen-bond acceptors (Lipinski definition) is 6. The van der Waals surface area contributed by atoms with Crippen molar-refractivity contribution in [1.29, 1.82) is 0 Å². The Bertz CT molecular complexity index is 1050. The molecule has 0 aromatic carbocycles. The second-order valence-electron chi connectivity index (χ2n) is 5.36. The molecular weight excluding hydrogens is 399 g/mol. The SMILES string of the molecule is CN(Cc1cc(-c2cccnc2F)c(S(=O)(=O)c2ccsc2)s1)C(=O)O. The Hall–Kier alpha value is -2.30.